The highest BCUT2D eigenvalue weighted by atomic mass is 16.1. The van der Waals surface area contributed by atoms with E-state index in [1.807, 2.05) is 0 Å². The Bertz CT molecular complexity index is 913. The summed E-state index contributed by atoms with van der Waals surface area (Å²) in [5.41, 5.74) is 3.59. The fourth-order valence-electron chi connectivity index (χ4n) is 4.52. The average Bonchev–Trinajstić information content (AvgIpc) is 3.55. The van der Waals surface area contributed by atoms with Crippen molar-refractivity contribution in [2.45, 2.75) is 51.1 Å². The summed E-state index contributed by atoms with van der Waals surface area (Å²) in [6.45, 7) is 4.74. The molecule has 1 saturated heterocycles. The van der Waals surface area contributed by atoms with Crippen LogP contribution in [0.1, 0.15) is 48.6 Å². The lowest BCUT2D eigenvalue weighted by Crippen LogP contribution is -2.38. The Balaban J connectivity index is 1.24. The van der Waals surface area contributed by atoms with E-state index in [0.717, 1.165) is 63.5 Å². The quantitative estimate of drug-likeness (QED) is 0.806. The first-order chi connectivity index (χ1) is 13.7. The molecule has 2 aliphatic heterocycles. The third-order valence-electron chi connectivity index (χ3n) is 6.44. The van der Waals surface area contributed by atoms with E-state index < -0.39 is 0 Å². The zero-order chi connectivity index (χ0) is 19.1. The van der Waals surface area contributed by atoms with Crippen LogP contribution in [0.25, 0.3) is 0 Å². The van der Waals surface area contributed by atoms with Gasteiger partial charge in [-0.2, -0.15) is 0 Å². The molecule has 0 spiro atoms. The second-order valence-corrected chi connectivity index (χ2v) is 8.62. The molecule has 0 unspecified atom stereocenters. The third-order valence-corrected chi connectivity index (χ3v) is 6.44. The monoisotopic (exact) mass is 380 g/mol. The normalized spacial score (nSPS) is 21.0. The molecule has 0 amide bonds. The van der Waals surface area contributed by atoms with Crippen LogP contribution in [0, 0.1) is 5.92 Å². The SMILES string of the molecule is CN1CCc2ncnc(N3CCC(Cn4cnc(C5CC5)cc4=O)CC3)c2C1. The molecule has 7 heteroatoms. The number of piperidine rings is 1. The Morgan fingerprint density at radius 2 is 1.89 bits per heavy atom. The van der Waals surface area contributed by atoms with Crippen LogP contribution in [0.5, 0.6) is 0 Å². The Hall–Kier alpha value is -2.28. The number of nitrogens with zero attached hydrogens (tertiary/aromatic N) is 6. The molecule has 2 fully saturated rings. The third kappa shape index (κ3) is 3.55. The second kappa shape index (κ2) is 7.28. The smallest absolute Gasteiger partial charge is 0.253 e. The van der Waals surface area contributed by atoms with E-state index in [9.17, 15) is 4.79 Å². The molecule has 0 N–H and O–H groups in total. The zero-order valence-electron chi connectivity index (χ0n) is 16.5. The molecule has 5 rings (SSSR count). The molecular weight excluding hydrogens is 352 g/mol. The highest BCUT2D eigenvalue weighted by Crippen LogP contribution is 2.38. The summed E-state index contributed by atoms with van der Waals surface area (Å²) < 4.78 is 1.80. The van der Waals surface area contributed by atoms with Crippen molar-refractivity contribution < 1.29 is 0 Å². The van der Waals surface area contributed by atoms with E-state index in [1.165, 1.54) is 24.1 Å². The first-order valence-corrected chi connectivity index (χ1v) is 10.5. The maximum absolute atomic E-state index is 12.4. The fraction of sp³-hybridized carbons (Fsp3) is 0.619. The molecule has 7 nitrogen and oxygen atoms in total. The lowest BCUT2D eigenvalue weighted by molar-refractivity contribution is 0.307. The van der Waals surface area contributed by atoms with Gasteiger partial charge in [-0.15, -0.1) is 0 Å². The number of aromatic nitrogens is 4. The van der Waals surface area contributed by atoms with Gasteiger partial charge in [0.2, 0.25) is 0 Å². The summed E-state index contributed by atoms with van der Waals surface area (Å²) in [5, 5.41) is 0. The second-order valence-electron chi connectivity index (χ2n) is 8.62. The summed E-state index contributed by atoms with van der Waals surface area (Å²) in [4.78, 5) is 30.8. The van der Waals surface area contributed by atoms with Crippen molar-refractivity contribution in [2.75, 3.05) is 31.6 Å². The van der Waals surface area contributed by atoms with Gasteiger partial charge in [-0.25, -0.2) is 15.0 Å². The van der Waals surface area contributed by atoms with Crippen molar-refractivity contribution >= 4 is 5.82 Å². The maximum Gasteiger partial charge on any atom is 0.253 e. The Kier molecular flexibility index (Phi) is 4.62. The molecule has 2 aromatic rings. The van der Waals surface area contributed by atoms with Gasteiger partial charge in [0.1, 0.15) is 12.1 Å². The van der Waals surface area contributed by atoms with E-state index in [1.54, 1.807) is 23.3 Å². The predicted molar refractivity (Wildman–Crippen MR) is 107 cm³/mol. The van der Waals surface area contributed by atoms with Crippen LogP contribution in [0.4, 0.5) is 5.82 Å². The zero-order valence-corrected chi connectivity index (χ0v) is 16.5. The Morgan fingerprint density at radius 1 is 1.07 bits per heavy atom. The van der Waals surface area contributed by atoms with Crippen LogP contribution in [0.15, 0.2) is 23.5 Å². The van der Waals surface area contributed by atoms with Crippen molar-refractivity contribution in [1.82, 2.24) is 24.4 Å². The lowest BCUT2D eigenvalue weighted by atomic mass is 9.96. The maximum atomic E-state index is 12.4. The van der Waals surface area contributed by atoms with Gasteiger partial charge in [-0.05, 0) is 38.6 Å². The number of anilines is 1. The molecule has 0 atom stereocenters. The molecule has 1 saturated carbocycles. The molecular formula is C21H28N6O. The van der Waals surface area contributed by atoms with Gasteiger partial charge in [0.05, 0.1) is 17.7 Å². The molecule has 0 radical (unpaired) electrons. The van der Waals surface area contributed by atoms with Crippen molar-refractivity contribution in [3.63, 3.8) is 0 Å². The molecule has 1 aliphatic carbocycles. The van der Waals surface area contributed by atoms with Crippen LogP contribution >= 0.6 is 0 Å². The summed E-state index contributed by atoms with van der Waals surface area (Å²) in [6.07, 6.45) is 8.99. The highest BCUT2D eigenvalue weighted by molar-refractivity contribution is 5.49. The van der Waals surface area contributed by atoms with E-state index in [0.29, 0.717) is 11.8 Å². The fourth-order valence-corrected chi connectivity index (χ4v) is 4.52. The van der Waals surface area contributed by atoms with E-state index in [-0.39, 0.29) is 5.56 Å². The minimum atomic E-state index is 0.104. The molecule has 28 heavy (non-hydrogen) atoms. The molecule has 148 valence electrons. The van der Waals surface area contributed by atoms with Crippen molar-refractivity contribution in [2.24, 2.45) is 5.92 Å². The van der Waals surface area contributed by atoms with Crippen molar-refractivity contribution in [3.8, 4) is 0 Å². The Labute approximate surface area is 165 Å². The number of rotatable bonds is 4. The van der Waals surface area contributed by atoms with Gasteiger partial charge < -0.3 is 9.80 Å². The van der Waals surface area contributed by atoms with Gasteiger partial charge in [0.15, 0.2) is 0 Å². The van der Waals surface area contributed by atoms with Gasteiger partial charge in [-0.1, -0.05) is 0 Å². The molecule has 3 aliphatic rings. The standard InChI is InChI=1S/C21H28N6O/c1-25-7-6-18-17(12-25)21(23-13-22-18)26-8-4-15(5-9-26)11-27-14-24-19(10-20(27)28)16-2-3-16/h10,13-16H,2-9,11-12H2,1H3. The summed E-state index contributed by atoms with van der Waals surface area (Å²) >= 11 is 0. The lowest BCUT2D eigenvalue weighted by Gasteiger charge is -2.35. The Morgan fingerprint density at radius 3 is 2.64 bits per heavy atom. The highest BCUT2D eigenvalue weighted by Gasteiger charge is 2.27. The number of hydrogen-bond acceptors (Lipinski definition) is 6. The van der Waals surface area contributed by atoms with Crippen LogP contribution in [0.2, 0.25) is 0 Å². The minimum absolute atomic E-state index is 0.104. The van der Waals surface area contributed by atoms with Gasteiger partial charge in [-0.3, -0.25) is 9.36 Å². The van der Waals surface area contributed by atoms with E-state index in [2.05, 4.69) is 31.8 Å². The van der Waals surface area contributed by atoms with Gasteiger partial charge in [0, 0.05) is 56.7 Å². The number of hydrogen-bond donors (Lipinski definition) is 0. The van der Waals surface area contributed by atoms with Gasteiger partial charge >= 0.3 is 0 Å². The molecule has 0 bridgehead atoms. The minimum Gasteiger partial charge on any atom is -0.356 e. The van der Waals surface area contributed by atoms with Crippen LogP contribution in [0.3, 0.4) is 0 Å². The number of fused-ring (bicyclic) bond motifs is 1. The first-order valence-electron chi connectivity index (χ1n) is 10.5. The van der Waals surface area contributed by atoms with E-state index >= 15 is 0 Å². The van der Waals surface area contributed by atoms with Crippen LogP contribution in [-0.2, 0) is 19.5 Å². The van der Waals surface area contributed by atoms with Crippen molar-refractivity contribution in [1.29, 1.82) is 0 Å². The summed E-state index contributed by atoms with van der Waals surface area (Å²) in [5.74, 6) is 2.16. The van der Waals surface area contributed by atoms with Crippen molar-refractivity contribution in [3.05, 3.63) is 46.0 Å². The van der Waals surface area contributed by atoms with E-state index in [4.69, 9.17) is 0 Å². The molecule has 4 heterocycles. The van der Waals surface area contributed by atoms with Crippen LogP contribution < -0.4 is 10.5 Å². The predicted octanol–water partition coefficient (Wildman–Crippen LogP) is 1.82. The topological polar surface area (TPSA) is 67.2 Å². The molecule has 2 aromatic heterocycles. The largest absolute Gasteiger partial charge is 0.356 e. The molecule has 0 aromatic carbocycles. The average molecular weight is 380 g/mol. The summed E-state index contributed by atoms with van der Waals surface area (Å²) in [6, 6.07) is 1.75. The summed E-state index contributed by atoms with van der Waals surface area (Å²) in [7, 11) is 2.16. The van der Waals surface area contributed by atoms with Crippen LogP contribution in [-0.4, -0.2) is 51.1 Å². The first kappa shape index (κ1) is 17.8. The number of likely N-dealkylation sites (N-methyl/N-ethyl adjacent to an activating group) is 1. The van der Waals surface area contributed by atoms with Gasteiger partial charge in [0.25, 0.3) is 5.56 Å².